The predicted molar refractivity (Wildman–Crippen MR) is 162 cm³/mol. The number of hydrogen-bond donors (Lipinski definition) is 1. The second-order valence-corrected chi connectivity index (χ2v) is 14.5. The number of carbonyl (C=O) groups is 1. The molecule has 0 aromatic rings. The van der Waals surface area contributed by atoms with Gasteiger partial charge in [-0.15, -0.1) is 0 Å². The fourth-order valence-corrected chi connectivity index (χ4v) is 6.46. The molecule has 0 aromatic carbocycles. The van der Waals surface area contributed by atoms with Gasteiger partial charge in [0.15, 0.2) is 0 Å². The van der Waals surface area contributed by atoms with Crippen LogP contribution in [0.1, 0.15) is 159 Å². The van der Waals surface area contributed by atoms with Crippen molar-refractivity contribution in [3.05, 3.63) is 12.2 Å². The van der Waals surface area contributed by atoms with E-state index in [1.165, 1.54) is 77.0 Å². The number of esters is 1. The number of hydroxylamine groups is 2. The van der Waals surface area contributed by atoms with Crippen molar-refractivity contribution < 1.29 is 14.4 Å². The number of piperidine rings is 2. The van der Waals surface area contributed by atoms with Gasteiger partial charge in [-0.3, -0.25) is 4.84 Å². The Kier molecular flexibility index (Phi) is 14.6. The van der Waals surface area contributed by atoms with Crippen LogP contribution in [0, 0.1) is 0 Å². The molecule has 2 aliphatic rings. The molecule has 5 nitrogen and oxygen atoms in total. The van der Waals surface area contributed by atoms with E-state index < -0.39 is 0 Å². The highest BCUT2D eigenvalue weighted by molar-refractivity contribution is 5.87. The molecule has 0 aliphatic carbocycles. The molecule has 0 amide bonds. The third-order valence-corrected chi connectivity index (χ3v) is 7.92. The maximum absolute atomic E-state index is 11.5. The molecule has 0 aromatic heterocycles. The molecule has 38 heavy (non-hydrogen) atoms. The first kappa shape index (κ1) is 35.1. The number of carbonyl (C=O) groups excluding carboxylic acids is 1. The molecule has 0 bridgehead atoms. The van der Waals surface area contributed by atoms with Crippen molar-refractivity contribution in [2.24, 2.45) is 0 Å². The molecule has 2 fully saturated rings. The van der Waals surface area contributed by atoms with Crippen molar-refractivity contribution in [3.8, 4) is 0 Å². The quantitative estimate of drug-likeness (QED) is 0.145. The minimum Gasteiger partial charge on any atom is -0.459 e. The fraction of sp³-hybridized carbons (Fsp3) is 0.909. The van der Waals surface area contributed by atoms with Gasteiger partial charge < -0.3 is 10.1 Å². The van der Waals surface area contributed by atoms with E-state index in [0.717, 1.165) is 19.4 Å². The van der Waals surface area contributed by atoms with Gasteiger partial charge in [0, 0.05) is 40.6 Å². The van der Waals surface area contributed by atoms with Crippen LogP contribution < -0.4 is 5.32 Å². The lowest BCUT2D eigenvalue weighted by molar-refractivity contribution is -0.281. The van der Waals surface area contributed by atoms with Crippen molar-refractivity contribution >= 4 is 5.97 Å². The molecule has 2 aliphatic heterocycles. The standard InChI is InChI=1S/C20H41NO.C13H23NO2/c1-6-7-8-9-10-11-12-13-14-18-22-21-19(2,3)16-15-17-20(21,4)5;1-9(2)11(15)16-10-7-12(3,4)14-13(5,6)8-10/h6-18H2,1-5H3;10,14H,1,7-8H2,2-6H3. The van der Waals surface area contributed by atoms with E-state index in [4.69, 9.17) is 9.57 Å². The van der Waals surface area contributed by atoms with Gasteiger partial charge in [0.1, 0.15) is 6.10 Å². The SMILES string of the molecule is C=C(C)C(=O)OC1CC(C)(C)NC(C)(C)C1.CCCCCCCCCCCON1C(C)(C)CCCC1(C)C. The van der Waals surface area contributed by atoms with E-state index in [1.54, 1.807) is 6.92 Å². The van der Waals surface area contributed by atoms with Crippen LogP contribution in [0.4, 0.5) is 0 Å². The van der Waals surface area contributed by atoms with Crippen LogP contribution in [0.2, 0.25) is 0 Å². The van der Waals surface area contributed by atoms with Crippen molar-refractivity contribution in [2.75, 3.05) is 6.61 Å². The van der Waals surface area contributed by atoms with E-state index in [-0.39, 0.29) is 34.2 Å². The highest BCUT2D eigenvalue weighted by Gasteiger charge is 2.42. The molecule has 2 heterocycles. The average Bonchev–Trinajstić information content (AvgIpc) is 2.74. The lowest BCUT2D eigenvalue weighted by Crippen LogP contribution is -2.59. The Balaban J connectivity index is 0.000000399. The third kappa shape index (κ3) is 13.4. The Morgan fingerprint density at radius 3 is 1.71 bits per heavy atom. The Hall–Kier alpha value is -0.910. The Bertz CT molecular complexity index is 679. The van der Waals surface area contributed by atoms with Crippen LogP contribution in [0.25, 0.3) is 0 Å². The summed E-state index contributed by atoms with van der Waals surface area (Å²) in [5.74, 6) is -0.279. The zero-order valence-electron chi connectivity index (χ0n) is 27.1. The molecule has 2 saturated heterocycles. The number of hydrogen-bond acceptors (Lipinski definition) is 5. The molecule has 0 spiro atoms. The van der Waals surface area contributed by atoms with Crippen molar-refractivity contribution in [1.82, 2.24) is 10.4 Å². The Morgan fingerprint density at radius 1 is 0.816 bits per heavy atom. The van der Waals surface area contributed by atoms with E-state index in [1.807, 2.05) is 0 Å². The summed E-state index contributed by atoms with van der Waals surface area (Å²) in [4.78, 5) is 17.7. The van der Waals surface area contributed by atoms with Crippen LogP contribution in [-0.2, 0) is 14.4 Å². The monoisotopic (exact) mass is 536 g/mol. The molecular weight excluding hydrogens is 472 g/mol. The number of rotatable bonds is 13. The van der Waals surface area contributed by atoms with Crippen LogP contribution >= 0.6 is 0 Å². The molecule has 224 valence electrons. The van der Waals surface area contributed by atoms with Crippen LogP contribution in [0.5, 0.6) is 0 Å². The minimum absolute atomic E-state index is 0.00176. The minimum atomic E-state index is -0.279. The highest BCUT2D eigenvalue weighted by atomic mass is 16.7. The van der Waals surface area contributed by atoms with E-state index in [9.17, 15) is 4.79 Å². The first-order valence-electron chi connectivity index (χ1n) is 15.6. The lowest BCUT2D eigenvalue weighted by atomic mass is 9.81. The maximum atomic E-state index is 11.5. The molecule has 5 heteroatoms. The van der Waals surface area contributed by atoms with Gasteiger partial charge in [-0.05, 0) is 88.0 Å². The molecule has 2 rings (SSSR count). The van der Waals surface area contributed by atoms with Crippen LogP contribution in [-0.4, -0.2) is 45.9 Å². The lowest BCUT2D eigenvalue weighted by Gasteiger charge is -2.51. The predicted octanol–water partition coefficient (Wildman–Crippen LogP) is 8.91. The van der Waals surface area contributed by atoms with E-state index in [2.05, 4.69) is 79.3 Å². The van der Waals surface area contributed by atoms with E-state index in [0.29, 0.717) is 5.57 Å². The molecule has 1 N–H and O–H groups in total. The van der Waals surface area contributed by atoms with Crippen LogP contribution in [0.15, 0.2) is 12.2 Å². The summed E-state index contributed by atoms with van der Waals surface area (Å²) in [7, 11) is 0. The van der Waals surface area contributed by atoms with Crippen LogP contribution in [0.3, 0.4) is 0 Å². The van der Waals surface area contributed by atoms with Gasteiger partial charge in [-0.1, -0.05) is 64.9 Å². The summed E-state index contributed by atoms with van der Waals surface area (Å²) < 4.78 is 5.45. The number of nitrogens with one attached hydrogen (secondary N) is 1. The molecular formula is C33H64N2O3. The summed E-state index contributed by atoms with van der Waals surface area (Å²) in [6.45, 7) is 26.3. The summed E-state index contributed by atoms with van der Waals surface area (Å²) >= 11 is 0. The smallest absolute Gasteiger partial charge is 0.333 e. The van der Waals surface area contributed by atoms with Crippen molar-refractivity contribution in [3.63, 3.8) is 0 Å². The van der Waals surface area contributed by atoms with Gasteiger partial charge in [0.05, 0.1) is 6.61 Å². The highest BCUT2D eigenvalue weighted by Crippen LogP contribution is 2.38. The largest absolute Gasteiger partial charge is 0.459 e. The van der Waals surface area contributed by atoms with Crippen molar-refractivity contribution in [2.45, 2.75) is 187 Å². The summed E-state index contributed by atoms with van der Waals surface area (Å²) in [5, 5.41) is 5.85. The van der Waals surface area contributed by atoms with Gasteiger partial charge in [0.2, 0.25) is 0 Å². The van der Waals surface area contributed by atoms with Gasteiger partial charge in [0.25, 0.3) is 0 Å². The Labute approximate surface area is 236 Å². The molecule has 0 radical (unpaired) electrons. The molecule has 0 atom stereocenters. The molecule has 0 saturated carbocycles. The summed E-state index contributed by atoms with van der Waals surface area (Å²) in [6.07, 6.45) is 17.8. The Morgan fingerprint density at radius 2 is 1.26 bits per heavy atom. The second-order valence-electron chi connectivity index (χ2n) is 14.5. The zero-order valence-corrected chi connectivity index (χ0v) is 27.1. The normalized spacial score (nSPS) is 22.3. The summed E-state index contributed by atoms with van der Waals surface area (Å²) in [6, 6.07) is 0. The van der Waals surface area contributed by atoms with Gasteiger partial charge in [-0.2, -0.15) is 5.06 Å². The second kappa shape index (κ2) is 15.8. The zero-order chi connectivity index (χ0) is 29.0. The topological polar surface area (TPSA) is 50.8 Å². The number of nitrogens with zero attached hydrogens (tertiary/aromatic N) is 1. The molecule has 0 unspecified atom stereocenters. The van der Waals surface area contributed by atoms with Crippen molar-refractivity contribution in [1.29, 1.82) is 0 Å². The fourth-order valence-electron chi connectivity index (χ4n) is 6.46. The van der Waals surface area contributed by atoms with E-state index >= 15 is 0 Å². The van der Waals surface area contributed by atoms with Gasteiger partial charge >= 0.3 is 5.97 Å². The number of ether oxygens (including phenoxy) is 1. The first-order valence-corrected chi connectivity index (χ1v) is 15.6. The summed E-state index contributed by atoms with van der Waals surface area (Å²) in [5.41, 5.74) is 0.833. The average molecular weight is 537 g/mol. The first-order chi connectivity index (χ1) is 17.5. The number of unbranched alkanes of at least 4 members (excludes halogenated alkanes) is 8. The third-order valence-electron chi connectivity index (χ3n) is 7.92. The van der Waals surface area contributed by atoms with Gasteiger partial charge in [-0.25, -0.2) is 4.79 Å². The maximum Gasteiger partial charge on any atom is 0.333 e.